The first kappa shape index (κ1) is 18.1. The number of aryl methyl sites for hydroxylation is 2. The summed E-state index contributed by atoms with van der Waals surface area (Å²) >= 11 is 1.19. The summed E-state index contributed by atoms with van der Waals surface area (Å²) in [5.41, 5.74) is 5.32. The second-order valence-corrected chi connectivity index (χ2v) is 7.15. The van der Waals surface area contributed by atoms with Gasteiger partial charge in [-0.25, -0.2) is 4.98 Å². The fraction of sp³-hybridized carbons (Fsp3) is 0.211. The number of benzene rings is 1. The second-order valence-electron chi connectivity index (χ2n) is 6.15. The smallest absolute Gasteiger partial charge is 0.283 e. The van der Waals surface area contributed by atoms with Gasteiger partial charge < -0.3 is 13.9 Å². The summed E-state index contributed by atoms with van der Waals surface area (Å²) in [5.74, 6) is 1.45. The minimum atomic E-state index is -0.862. The van der Waals surface area contributed by atoms with Gasteiger partial charge in [0.25, 0.3) is 11.8 Å². The number of hydrazine groups is 1. The molecule has 0 bridgehead atoms. The van der Waals surface area contributed by atoms with Gasteiger partial charge in [0.1, 0.15) is 17.2 Å². The zero-order chi connectivity index (χ0) is 19.7. The minimum absolute atomic E-state index is 0.0558. The number of nitrogens with zero attached hydrogens (tertiary/aromatic N) is 1. The number of thiazole rings is 1. The van der Waals surface area contributed by atoms with Gasteiger partial charge in [-0.3, -0.25) is 20.4 Å². The number of para-hydroxylation sites is 2. The number of carbonyl (C=O) groups excluding carboxylic acids is 2. The summed E-state index contributed by atoms with van der Waals surface area (Å²) < 4.78 is 16.7. The summed E-state index contributed by atoms with van der Waals surface area (Å²) in [6.07, 6.45) is -0.862. The highest BCUT2D eigenvalue weighted by atomic mass is 32.1. The van der Waals surface area contributed by atoms with Gasteiger partial charge in [0, 0.05) is 0 Å². The normalized spacial score (nSPS) is 15.1. The van der Waals surface area contributed by atoms with E-state index in [1.54, 1.807) is 31.2 Å². The van der Waals surface area contributed by atoms with Crippen molar-refractivity contribution in [1.29, 1.82) is 0 Å². The molecule has 2 N–H and O–H groups in total. The van der Waals surface area contributed by atoms with E-state index in [1.165, 1.54) is 11.3 Å². The highest BCUT2D eigenvalue weighted by molar-refractivity contribution is 7.17. The Bertz CT molecular complexity index is 1040. The molecule has 9 heteroatoms. The first-order valence-electron chi connectivity index (χ1n) is 8.54. The number of ether oxygens (including phenoxy) is 2. The van der Waals surface area contributed by atoms with E-state index in [4.69, 9.17) is 13.9 Å². The lowest BCUT2D eigenvalue weighted by Crippen LogP contribution is -2.50. The second kappa shape index (κ2) is 7.35. The summed E-state index contributed by atoms with van der Waals surface area (Å²) in [6, 6.07) is 10.7. The molecule has 0 saturated heterocycles. The third-order valence-corrected chi connectivity index (χ3v) is 5.22. The van der Waals surface area contributed by atoms with Crippen molar-refractivity contribution in [1.82, 2.24) is 15.8 Å². The molecule has 3 heterocycles. The lowest BCUT2D eigenvalue weighted by molar-refractivity contribution is -0.131. The van der Waals surface area contributed by atoms with Crippen LogP contribution in [-0.2, 0) is 4.79 Å². The number of hydrogen-bond donors (Lipinski definition) is 2. The number of rotatable bonds is 3. The number of fused-ring (bicyclic) bond motifs is 1. The zero-order valence-electron chi connectivity index (χ0n) is 15.1. The van der Waals surface area contributed by atoms with Crippen LogP contribution in [0.25, 0.3) is 10.8 Å². The number of furan rings is 1. The zero-order valence-corrected chi connectivity index (χ0v) is 16.0. The Hall–Kier alpha value is -3.33. The van der Waals surface area contributed by atoms with Crippen LogP contribution in [0.15, 0.2) is 40.8 Å². The van der Waals surface area contributed by atoms with Crippen LogP contribution in [0.2, 0.25) is 0 Å². The molecule has 2 aromatic heterocycles. The maximum absolute atomic E-state index is 12.4. The number of hydrogen-bond acceptors (Lipinski definition) is 7. The average Bonchev–Trinajstić information content (AvgIpc) is 3.31. The third kappa shape index (κ3) is 3.56. The van der Waals surface area contributed by atoms with E-state index in [0.29, 0.717) is 32.8 Å². The van der Waals surface area contributed by atoms with Gasteiger partial charge >= 0.3 is 0 Å². The van der Waals surface area contributed by atoms with Gasteiger partial charge in [-0.15, -0.1) is 11.3 Å². The van der Waals surface area contributed by atoms with Crippen LogP contribution in [0.4, 0.5) is 0 Å². The number of nitrogens with one attached hydrogen (secondary N) is 2. The van der Waals surface area contributed by atoms with E-state index in [0.717, 1.165) is 5.76 Å². The van der Waals surface area contributed by atoms with Crippen LogP contribution in [0.3, 0.4) is 0 Å². The Labute approximate surface area is 164 Å². The molecular weight excluding hydrogens is 382 g/mol. The summed E-state index contributed by atoms with van der Waals surface area (Å²) in [5, 5.41) is 0.600. The minimum Gasteiger partial charge on any atom is -0.485 e. The predicted molar refractivity (Wildman–Crippen MR) is 101 cm³/mol. The van der Waals surface area contributed by atoms with Crippen molar-refractivity contribution in [3.05, 3.63) is 52.7 Å². The largest absolute Gasteiger partial charge is 0.485 e. The van der Waals surface area contributed by atoms with Gasteiger partial charge in [-0.1, -0.05) is 12.1 Å². The van der Waals surface area contributed by atoms with Crippen molar-refractivity contribution in [2.75, 3.05) is 6.61 Å². The van der Waals surface area contributed by atoms with Crippen LogP contribution in [0.5, 0.6) is 11.5 Å². The molecule has 0 fully saturated rings. The molecule has 0 spiro atoms. The van der Waals surface area contributed by atoms with Crippen molar-refractivity contribution in [3.63, 3.8) is 0 Å². The molecular formula is C19H17N3O5S. The maximum atomic E-state index is 12.4. The molecule has 2 amide bonds. The highest BCUT2D eigenvalue weighted by Gasteiger charge is 2.28. The van der Waals surface area contributed by atoms with E-state index < -0.39 is 17.9 Å². The van der Waals surface area contributed by atoms with Crippen LogP contribution < -0.4 is 20.3 Å². The number of carbonyl (C=O) groups is 2. The molecule has 4 rings (SSSR count). The van der Waals surface area contributed by atoms with Gasteiger partial charge in [-0.05, 0) is 38.1 Å². The molecule has 1 aliphatic heterocycles. The third-order valence-electron chi connectivity index (χ3n) is 4.05. The van der Waals surface area contributed by atoms with Gasteiger partial charge in [-0.2, -0.15) is 0 Å². The van der Waals surface area contributed by atoms with Crippen molar-refractivity contribution < 1.29 is 23.5 Å². The fourth-order valence-corrected chi connectivity index (χ4v) is 3.59. The highest BCUT2D eigenvalue weighted by Crippen LogP contribution is 2.31. The first-order chi connectivity index (χ1) is 13.5. The SMILES string of the molecule is Cc1ccc(-c2nc(C)c(C(=O)NNC(=O)C3COc4ccccc4O3)s2)o1. The lowest BCUT2D eigenvalue weighted by Gasteiger charge is -2.25. The van der Waals surface area contributed by atoms with Gasteiger partial charge in [0.05, 0.1) is 5.69 Å². The van der Waals surface area contributed by atoms with E-state index >= 15 is 0 Å². The Morgan fingerprint density at radius 2 is 1.89 bits per heavy atom. The van der Waals surface area contributed by atoms with Crippen molar-refractivity contribution in [2.45, 2.75) is 20.0 Å². The van der Waals surface area contributed by atoms with Crippen LogP contribution in [-0.4, -0.2) is 29.5 Å². The standard InChI is InChI=1S/C19H17N3O5S/c1-10-7-8-14(26-10)19-20-11(2)16(28-19)18(24)22-21-17(23)15-9-25-12-5-3-4-6-13(12)27-15/h3-8,15H,9H2,1-2H3,(H,21,23)(H,22,24). The summed E-state index contributed by atoms with van der Waals surface area (Å²) in [4.78, 5) is 29.5. The molecule has 1 atom stereocenters. The van der Waals surface area contributed by atoms with Crippen molar-refractivity contribution >= 4 is 23.2 Å². The lowest BCUT2D eigenvalue weighted by atomic mass is 10.2. The van der Waals surface area contributed by atoms with Gasteiger partial charge in [0.2, 0.25) is 6.10 Å². The summed E-state index contributed by atoms with van der Waals surface area (Å²) in [7, 11) is 0. The molecule has 1 aliphatic rings. The average molecular weight is 399 g/mol. The molecule has 144 valence electrons. The Morgan fingerprint density at radius 3 is 2.64 bits per heavy atom. The molecule has 1 aromatic carbocycles. The van der Waals surface area contributed by atoms with Crippen LogP contribution >= 0.6 is 11.3 Å². The number of aromatic nitrogens is 1. The predicted octanol–water partition coefficient (Wildman–Crippen LogP) is 2.62. The molecule has 28 heavy (non-hydrogen) atoms. The summed E-state index contributed by atoms with van der Waals surface area (Å²) in [6.45, 7) is 3.62. The van der Waals surface area contributed by atoms with Crippen molar-refractivity contribution in [2.24, 2.45) is 0 Å². The van der Waals surface area contributed by atoms with E-state index in [-0.39, 0.29) is 6.61 Å². The van der Waals surface area contributed by atoms with E-state index in [2.05, 4.69) is 15.8 Å². The molecule has 3 aromatic rings. The fourth-order valence-electron chi connectivity index (χ4n) is 2.67. The monoisotopic (exact) mass is 399 g/mol. The topological polar surface area (TPSA) is 103 Å². The molecule has 0 aliphatic carbocycles. The Balaban J connectivity index is 1.38. The van der Waals surface area contributed by atoms with Crippen LogP contribution in [0.1, 0.15) is 21.1 Å². The Kier molecular flexibility index (Phi) is 4.74. The quantitative estimate of drug-likeness (QED) is 0.657. The van der Waals surface area contributed by atoms with E-state index in [1.807, 2.05) is 19.1 Å². The van der Waals surface area contributed by atoms with Crippen molar-refractivity contribution in [3.8, 4) is 22.3 Å². The molecule has 1 unspecified atom stereocenters. The molecule has 0 saturated carbocycles. The van der Waals surface area contributed by atoms with E-state index in [9.17, 15) is 9.59 Å². The van der Waals surface area contributed by atoms with Crippen LogP contribution in [0, 0.1) is 13.8 Å². The first-order valence-corrected chi connectivity index (χ1v) is 9.36. The maximum Gasteiger partial charge on any atom is 0.283 e. The Morgan fingerprint density at radius 1 is 1.11 bits per heavy atom. The van der Waals surface area contributed by atoms with Gasteiger partial charge in [0.15, 0.2) is 22.3 Å². The molecule has 8 nitrogen and oxygen atoms in total. The number of amides is 2. The molecule has 0 radical (unpaired) electrons.